The van der Waals surface area contributed by atoms with Gasteiger partial charge < -0.3 is 9.80 Å². The highest BCUT2D eigenvalue weighted by Gasteiger charge is 2.52. The Balaban J connectivity index is 1.44. The fourth-order valence-corrected chi connectivity index (χ4v) is 5.66. The lowest BCUT2D eigenvalue weighted by Crippen LogP contribution is -2.54. The molecule has 0 saturated carbocycles. The maximum Gasteiger partial charge on any atom is 0.240 e. The van der Waals surface area contributed by atoms with Crippen LogP contribution in [-0.4, -0.2) is 64.3 Å². The number of nitrogens with zero attached hydrogens (tertiary/aromatic N) is 4. The van der Waals surface area contributed by atoms with Crippen molar-refractivity contribution in [3.63, 3.8) is 0 Å². The molecule has 31 heavy (non-hydrogen) atoms. The van der Waals surface area contributed by atoms with Gasteiger partial charge in [-0.05, 0) is 42.9 Å². The van der Waals surface area contributed by atoms with Crippen molar-refractivity contribution in [1.29, 1.82) is 5.26 Å². The third kappa shape index (κ3) is 3.94. The number of carbonyl (C=O) groups excluding carboxylic acids is 2. The molecule has 7 heteroatoms. The van der Waals surface area contributed by atoms with Crippen LogP contribution in [0.25, 0.3) is 0 Å². The lowest BCUT2D eigenvalue weighted by molar-refractivity contribution is -0.143. The van der Waals surface area contributed by atoms with Gasteiger partial charge in [0.15, 0.2) is 0 Å². The zero-order chi connectivity index (χ0) is 22.3. The highest BCUT2D eigenvalue weighted by Crippen LogP contribution is 2.41. The van der Waals surface area contributed by atoms with Crippen LogP contribution >= 0.6 is 0 Å². The van der Waals surface area contributed by atoms with E-state index in [1.165, 1.54) is 12.1 Å². The van der Waals surface area contributed by atoms with Crippen molar-refractivity contribution in [2.75, 3.05) is 19.6 Å². The van der Waals surface area contributed by atoms with Gasteiger partial charge in [0.05, 0.1) is 18.2 Å². The maximum atomic E-state index is 13.4. The van der Waals surface area contributed by atoms with E-state index in [1.54, 1.807) is 17.0 Å². The summed E-state index contributed by atoms with van der Waals surface area (Å²) in [5.74, 6) is -0.187. The standard InChI is InChI=1S/C24H31FN4O2/c1-15(2)22(17-6-8-18(25)9-7-17)29-20-11-21(24(29)31)27(14-20)13-16(3)23(30)28-10-4-5-19(28)12-26/h6-9,15-16,19-22H,4-5,10-11,13-14H2,1-3H3/t16-,19-,20-,21-,22+/m0/s1. The fraction of sp³-hybridized carbons (Fsp3) is 0.625. The maximum absolute atomic E-state index is 13.4. The number of hydrogen-bond donors (Lipinski definition) is 0. The molecule has 2 bridgehead atoms. The third-order valence-corrected chi connectivity index (χ3v) is 7.07. The Labute approximate surface area is 183 Å². The topological polar surface area (TPSA) is 67.7 Å². The monoisotopic (exact) mass is 426 g/mol. The van der Waals surface area contributed by atoms with E-state index in [2.05, 4.69) is 24.8 Å². The summed E-state index contributed by atoms with van der Waals surface area (Å²) in [5, 5.41) is 9.28. The smallest absolute Gasteiger partial charge is 0.240 e. The third-order valence-electron chi connectivity index (χ3n) is 7.07. The molecule has 0 aromatic heterocycles. The minimum absolute atomic E-state index is 0.0162. The van der Waals surface area contributed by atoms with Gasteiger partial charge in [0.25, 0.3) is 0 Å². The normalized spacial score (nSPS) is 27.7. The predicted octanol–water partition coefficient (Wildman–Crippen LogP) is 2.96. The van der Waals surface area contributed by atoms with Gasteiger partial charge >= 0.3 is 0 Å². The molecule has 3 fully saturated rings. The summed E-state index contributed by atoms with van der Waals surface area (Å²) in [6.45, 7) is 8.02. The van der Waals surface area contributed by atoms with Crippen LogP contribution in [0.4, 0.5) is 4.39 Å². The molecule has 0 N–H and O–H groups in total. The van der Waals surface area contributed by atoms with Crippen molar-refractivity contribution >= 4 is 11.8 Å². The molecule has 166 valence electrons. The molecule has 1 aromatic rings. The van der Waals surface area contributed by atoms with Gasteiger partial charge in [-0.2, -0.15) is 5.26 Å². The summed E-state index contributed by atoms with van der Waals surface area (Å²) in [5.41, 5.74) is 0.962. The van der Waals surface area contributed by atoms with Crippen LogP contribution in [0.5, 0.6) is 0 Å². The number of carbonyl (C=O) groups is 2. The second-order valence-electron chi connectivity index (χ2n) is 9.56. The van der Waals surface area contributed by atoms with Crippen molar-refractivity contribution in [2.45, 2.75) is 64.2 Å². The Bertz CT molecular complexity index is 881. The number of rotatable bonds is 6. The van der Waals surface area contributed by atoms with E-state index in [9.17, 15) is 19.2 Å². The van der Waals surface area contributed by atoms with Crippen LogP contribution in [0.3, 0.4) is 0 Å². The molecule has 0 spiro atoms. The predicted molar refractivity (Wildman–Crippen MR) is 114 cm³/mol. The Hall–Kier alpha value is -2.46. The molecule has 5 atom stereocenters. The second kappa shape index (κ2) is 8.58. The van der Waals surface area contributed by atoms with Gasteiger partial charge in [0.1, 0.15) is 11.9 Å². The average molecular weight is 427 g/mol. The molecule has 3 aliphatic rings. The Morgan fingerprint density at radius 2 is 1.97 bits per heavy atom. The molecule has 1 aromatic carbocycles. The van der Waals surface area contributed by atoms with Crippen molar-refractivity contribution < 1.29 is 14.0 Å². The zero-order valence-electron chi connectivity index (χ0n) is 18.5. The largest absolute Gasteiger partial charge is 0.330 e. The minimum atomic E-state index is -0.315. The highest BCUT2D eigenvalue weighted by atomic mass is 19.1. The quantitative estimate of drug-likeness (QED) is 0.701. The molecular weight excluding hydrogens is 395 g/mol. The van der Waals surface area contributed by atoms with Crippen LogP contribution in [0.2, 0.25) is 0 Å². The van der Waals surface area contributed by atoms with E-state index in [1.807, 2.05) is 11.8 Å². The van der Waals surface area contributed by atoms with Gasteiger partial charge in [-0.15, -0.1) is 0 Å². The van der Waals surface area contributed by atoms with Crippen molar-refractivity contribution in [1.82, 2.24) is 14.7 Å². The Morgan fingerprint density at radius 3 is 2.58 bits per heavy atom. The van der Waals surface area contributed by atoms with Gasteiger partial charge in [0.2, 0.25) is 11.8 Å². The van der Waals surface area contributed by atoms with Crippen LogP contribution in [0.1, 0.15) is 51.6 Å². The molecule has 0 unspecified atom stereocenters. The molecule has 2 amide bonds. The molecular formula is C24H31FN4O2. The molecule has 6 nitrogen and oxygen atoms in total. The number of hydrogen-bond acceptors (Lipinski definition) is 4. The Kier molecular flexibility index (Phi) is 6.02. The molecule has 3 heterocycles. The van der Waals surface area contributed by atoms with Crippen molar-refractivity contribution in [2.24, 2.45) is 11.8 Å². The second-order valence-corrected chi connectivity index (χ2v) is 9.56. The minimum Gasteiger partial charge on any atom is -0.330 e. The van der Waals surface area contributed by atoms with E-state index in [0.29, 0.717) is 13.1 Å². The summed E-state index contributed by atoms with van der Waals surface area (Å²) in [4.78, 5) is 32.1. The highest BCUT2D eigenvalue weighted by molar-refractivity contribution is 5.86. The number of amides is 2. The van der Waals surface area contributed by atoms with Crippen molar-refractivity contribution in [3.8, 4) is 6.07 Å². The number of fused-ring (bicyclic) bond motifs is 2. The van der Waals surface area contributed by atoms with Crippen LogP contribution in [-0.2, 0) is 9.59 Å². The fourth-order valence-electron chi connectivity index (χ4n) is 5.66. The lowest BCUT2D eigenvalue weighted by Gasteiger charge is -2.41. The van der Waals surface area contributed by atoms with Gasteiger partial charge in [-0.25, -0.2) is 4.39 Å². The summed E-state index contributed by atoms with van der Waals surface area (Å²) in [6, 6.07) is 8.21. The number of likely N-dealkylation sites (tertiary alicyclic amines) is 3. The zero-order valence-corrected chi connectivity index (χ0v) is 18.5. The molecule has 3 aliphatic heterocycles. The number of piperazine rings is 1. The summed E-state index contributed by atoms with van der Waals surface area (Å²) in [7, 11) is 0. The van der Waals surface area contributed by atoms with E-state index >= 15 is 0 Å². The first-order valence-electron chi connectivity index (χ1n) is 11.3. The first kappa shape index (κ1) is 21.8. The van der Waals surface area contributed by atoms with Crippen LogP contribution < -0.4 is 0 Å². The van der Waals surface area contributed by atoms with Gasteiger partial charge in [-0.3, -0.25) is 14.5 Å². The summed E-state index contributed by atoms with van der Waals surface area (Å²) < 4.78 is 13.4. The number of halogens is 1. The molecule has 3 saturated heterocycles. The first-order chi connectivity index (χ1) is 14.8. The first-order valence-corrected chi connectivity index (χ1v) is 11.3. The van der Waals surface area contributed by atoms with E-state index in [-0.39, 0.29) is 53.6 Å². The van der Waals surface area contributed by atoms with Crippen molar-refractivity contribution in [3.05, 3.63) is 35.6 Å². The summed E-state index contributed by atoms with van der Waals surface area (Å²) >= 11 is 0. The Morgan fingerprint density at radius 1 is 1.26 bits per heavy atom. The van der Waals surface area contributed by atoms with E-state index in [0.717, 1.165) is 31.4 Å². The van der Waals surface area contributed by atoms with Gasteiger partial charge in [-0.1, -0.05) is 32.9 Å². The van der Waals surface area contributed by atoms with Crippen LogP contribution in [0, 0.1) is 29.0 Å². The summed E-state index contributed by atoms with van der Waals surface area (Å²) in [6.07, 6.45) is 2.39. The van der Waals surface area contributed by atoms with Crippen LogP contribution in [0.15, 0.2) is 24.3 Å². The average Bonchev–Trinajstić information content (AvgIpc) is 3.44. The van der Waals surface area contributed by atoms with Gasteiger partial charge in [0, 0.05) is 31.6 Å². The molecule has 4 rings (SSSR count). The SMILES string of the molecule is CC(C)[C@H](c1ccc(F)cc1)N1C(=O)[C@@H]2C[C@H]1CN2C[C@H](C)C(=O)N1CCC[C@H]1C#N. The molecule has 0 radical (unpaired) electrons. The number of nitriles is 1. The van der Waals surface area contributed by atoms with E-state index in [4.69, 9.17) is 0 Å². The lowest BCUT2D eigenvalue weighted by atomic mass is 9.93. The molecule has 0 aliphatic carbocycles. The number of benzene rings is 1. The van der Waals surface area contributed by atoms with E-state index < -0.39 is 0 Å².